The molecule has 5 heteroatoms. The molecule has 0 fully saturated rings. The maximum atomic E-state index is 11.6. The van der Waals surface area contributed by atoms with Crippen LogP contribution in [0.25, 0.3) is 0 Å². The fourth-order valence-electron chi connectivity index (χ4n) is 1.84. The topological polar surface area (TPSA) is 64.9 Å². The first-order chi connectivity index (χ1) is 10.1. The zero-order chi connectivity index (χ0) is 15.2. The van der Waals surface area contributed by atoms with Crippen LogP contribution in [0.5, 0.6) is 0 Å². The number of carbonyl (C=O) groups is 1. The summed E-state index contributed by atoms with van der Waals surface area (Å²) in [5.41, 5.74) is 2.89. The van der Waals surface area contributed by atoms with Crippen molar-refractivity contribution < 1.29 is 4.79 Å². The highest BCUT2D eigenvalue weighted by Gasteiger charge is 2.07. The summed E-state index contributed by atoms with van der Waals surface area (Å²) in [7, 11) is 1.58. The standard InChI is InChI=1S/C16H14ClN3O/c1-19-16(21)13-6-7-14(17)15(8-13)20-10-12-4-2-11(9-18)3-5-12/h2-8,20H,10H2,1H3,(H,19,21). The molecular formula is C16H14ClN3O. The Labute approximate surface area is 128 Å². The summed E-state index contributed by atoms with van der Waals surface area (Å²) in [5.74, 6) is -0.159. The predicted octanol–water partition coefficient (Wildman–Crippen LogP) is 3.18. The minimum atomic E-state index is -0.159. The Balaban J connectivity index is 2.11. The molecular weight excluding hydrogens is 286 g/mol. The summed E-state index contributed by atoms with van der Waals surface area (Å²) in [4.78, 5) is 11.6. The van der Waals surface area contributed by atoms with Gasteiger partial charge < -0.3 is 10.6 Å². The number of nitrogens with zero attached hydrogens (tertiary/aromatic N) is 1. The highest BCUT2D eigenvalue weighted by atomic mass is 35.5. The third-order valence-corrected chi connectivity index (χ3v) is 3.35. The number of anilines is 1. The van der Waals surface area contributed by atoms with E-state index in [0.29, 0.717) is 28.4 Å². The Morgan fingerprint density at radius 3 is 2.57 bits per heavy atom. The van der Waals surface area contributed by atoms with Gasteiger partial charge in [0.2, 0.25) is 0 Å². The number of nitrogens with one attached hydrogen (secondary N) is 2. The van der Waals surface area contributed by atoms with Gasteiger partial charge in [0.15, 0.2) is 0 Å². The zero-order valence-corrected chi connectivity index (χ0v) is 12.2. The molecule has 0 saturated heterocycles. The number of hydrogen-bond donors (Lipinski definition) is 2. The number of rotatable bonds is 4. The van der Waals surface area contributed by atoms with Crippen LogP contribution >= 0.6 is 11.6 Å². The number of benzene rings is 2. The molecule has 0 aliphatic rings. The first-order valence-corrected chi connectivity index (χ1v) is 6.76. The van der Waals surface area contributed by atoms with Gasteiger partial charge in [0.25, 0.3) is 5.91 Å². The van der Waals surface area contributed by atoms with Gasteiger partial charge in [-0.3, -0.25) is 4.79 Å². The Kier molecular flexibility index (Phi) is 4.81. The van der Waals surface area contributed by atoms with Crippen molar-refractivity contribution >= 4 is 23.2 Å². The molecule has 2 aromatic carbocycles. The summed E-state index contributed by atoms with van der Waals surface area (Å²) >= 11 is 6.12. The quantitative estimate of drug-likeness (QED) is 0.911. The fraction of sp³-hybridized carbons (Fsp3) is 0.125. The van der Waals surface area contributed by atoms with Crippen LogP contribution < -0.4 is 10.6 Å². The molecule has 2 N–H and O–H groups in total. The van der Waals surface area contributed by atoms with E-state index in [1.807, 2.05) is 12.1 Å². The largest absolute Gasteiger partial charge is 0.380 e. The normalized spacial score (nSPS) is 9.76. The van der Waals surface area contributed by atoms with E-state index in [-0.39, 0.29) is 5.91 Å². The third-order valence-electron chi connectivity index (χ3n) is 3.02. The van der Waals surface area contributed by atoms with Gasteiger partial charge in [0.05, 0.1) is 22.3 Å². The summed E-state index contributed by atoms with van der Waals surface area (Å²) in [6.45, 7) is 0.558. The molecule has 0 spiro atoms. The van der Waals surface area contributed by atoms with Crippen molar-refractivity contribution in [2.75, 3.05) is 12.4 Å². The van der Waals surface area contributed by atoms with Crippen LogP contribution in [-0.4, -0.2) is 13.0 Å². The zero-order valence-electron chi connectivity index (χ0n) is 11.5. The van der Waals surface area contributed by atoms with Gasteiger partial charge in [-0.15, -0.1) is 0 Å². The number of carbonyl (C=O) groups excluding carboxylic acids is 1. The average molecular weight is 300 g/mol. The van der Waals surface area contributed by atoms with E-state index in [0.717, 1.165) is 5.56 Å². The lowest BCUT2D eigenvalue weighted by molar-refractivity contribution is 0.0963. The van der Waals surface area contributed by atoms with Crippen molar-refractivity contribution in [1.29, 1.82) is 5.26 Å². The average Bonchev–Trinajstić information content (AvgIpc) is 2.53. The first kappa shape index (κ1) is 14.9. The maximum absolute atomic E-state index is 11.6. The minimum Gasteiger partial charge on any atom is -0.380 e. The van der Waals surface area contributed by atoms with Gasteiger partial charge in [-0.2, -0.15) is 5.26 Å². The number of amides is 1. The van der Waals surface area contributed by atoms with Crippen LogP contribution in [0.2, 0.25) is 5.02 Å². The monoisotopic (exact) mass is 299 g/mol. The molecule has 2 rings (SSSR count). The second-order valence-electron chi connectivity index (χ2n) is 4.44. The molecule has 0 unspecified atom stereocenters. The molecule has 106 valence electrons. The summed E-state index contributed by atoms with van der Waals surface area (Å²) in [6, 6.07) is 14.4. The number of hydrogen-bond acceptors (Lipinski definition) is 3. The Morgan fingerprint density at radius 2 is 1.95 bits per heavy atom. The van der Waals surface area contributed by atoms with Crippen LogP contribution in [-0.2, 0) is 6.54 Å². The predicted molar refractivity (Wildman–Crippen MR) is 83.3 cm³/mol. The van der Waals surface area contributed by atoms with Crippen LogP contribution in [0, 0.1) is 11.3 Å². The van der Waals surface area contributed by atoms with Crippen molar-refractivity contribution in [1.82, 2.24) is 5.32 Å². The van der Waals surface area contributed by atoms with E-state index in [1.165, 1.54) is 0 Å². The molecule has 0 radical (unpaired) electrons. The molecule has 2 aromatic rings. The SMILES string of the molecule is CNC(=O)c1ccc(Cl)c(NCc2ccc(C#N)cc2)c1. The van der Waals surface area contributed by atoms with Crippen molar-refractivity contribution in [2.24, 2.45) is 0 Å². The van der Waals surface area contributed by atoms with Gasteiger partial charge in [0, 0.05) is 19.2 Å². The van der Waals surface area contributed by atoms with Gasteiger partial charge in [-0.1, -0.05) is 23.7 Å². The first-order valence-electron chi connectivity index (χ1n) is 6.38. The van der Waals surface area contributed by atoms with E-state index in [4.69, 9.17) is 16.9 Å². The summed E-state index contributed by atoms with van der Waals surface area (Å²) in [6.07, 6.45) is 0. The molecule has 0 heterocycles. The smallest absolute Gasteiger partial charge is 0.251 e. The van der Waals surface area contributed by atoms with Gasteiger partial charge in [0.1, 0.15) is 0 Å². The second kappa shape index (κ2) is 6.78. The molecule has 0 aliphatic heterocycles. The highest BCUT2D eigenvalue weighted by molar-refractivity contribution is 6.33. The van der Waals surface area contributed by atoms with Crippen LogP contribution in [0.3, 0.4) is 0 Å². The van der Waals surface area contributed by atoms with E-state index in [2.05, 4.69) is 16.7 Å². The fourth-order valence-corrected chi connectivity index (χ4v) is 2.03. The molecule has 0 bridgehead atoms. The van der Waals surface area contributed by atoms with E-state index in [1.54, 1.807) is 37.4 Å². The van der Waals surface area contributed by atoms with Crippen molar-refractivity contribution in [3.8, 4) is 6.07 Å². The van der Waals surface area contributed by atoms with Gasteiger partial charge in [-0.25, -0.2) is 0 Å². The molecule has 21 heavy (non-hydrogen) atoms. The van der Waals surface area contributed by atoms with Crippen LogP contribution in [0.4, 0.5) is 5.69 Å². The molecule has 0 aliphatic carbocycles. The molecule has 0 aromatic heterocycles. The van der Waals surface area contributed by atoms with Crippen LogP contribution in [0.15, 0.2) is 42.5 Å². The Bertz CT molecular complexity index is 690. The minimum absolute atomic E-state index is 0.159. The molecule has 0 saturated carbocycles. The Morgan fingerprint density at radius 1 is 1.24 bits per heavy atom. The lowest BCUT2D eigenvalue weighted by Crippen LogP contribution is -2.17. The molecule has 0 atom stereocenters. The van der Waals surface area contributed by atoms with E-state index < -0.39 is 0 Å². The van der Waals surface area contributed by atoms with Crippen molar-refractivity contribution in [2.45, 2.75) is 6.54 Å². The summed E-state index contributed by atoms with van der Waals surface area (Å²) < 4.78 is 0. The van der Waals surface area contributed by atoms with Crippen molar-refractivity contribution in [3.05, 3.63) is 64.2 Å². The molecule has 1 amide bonds. The van der Waals surface area contributed by atoms with E-state index in [9.17, 15) is 4.79 Å². The second-order valence-corrected chi connectivity index (χ2v) is 4.84. The third kappa shape index (κ3) is 3.74. The lowest BCUT2D eigenvalue weighted by Gasteiger charge is -2.10. The van der Waals surface area contributed by atoms with Crippen LogP contribution in [0.1, 0.15) is 21.5 Å². The Hall–Kier alpha value is -2.51. The van der Waals surface area contributed by atoms with E-state index >= 15 is 0 Å². The number of halogens is 1. The van der Waals surface area contributed by atoms with Gasteiger partial charge >= 0.3 is 0 Å². The molecule has 4 nitrogen and oxygen atoms in total. The van der Waals surface area contributed by atoms with Gasteiger partial charge in [-0.05, 0) is 35.9 Å². The van der Waals surface area contributed by atoms with Crippen molar-refractivity contribution in [3.63, 3.8) is 0 Å². The lowest BCUT2D eigenvalue weighted by atomic mass is 10.1. The number of nitriles is 1. The maximum Gasteiger partial charge on any atom is 0.251 e. The highest BCUT2D eigenvalue weighted by Crippen LogP contribution is 2.23. The summed E-state index contributed by atoms with van der Waals surface area (Å²) in [5, 5.41) is 15.1.